The van der Waals surface area contributed by atoms with E-state index in [0.29, 0.717) is 17.2 Å². The second kappa shape index (κ2) is 8.65. The van der Waals surface area contributed by atoms with Crippen molar-refractivity contribution < 1.29 is 19.2 Å². The van der Waals surface area contributed by atoms with Crippen LogP contribution in [0.15, 0.2) is 36.4 Å². The van der Waals surface area contributed by atoms with Gasteiger partial charge >= 0.3 is 0 Å². The number of piperazine rings is 1. The first kappa shape index (κ1) is 20.7. The van der Waals surface area contributed by atoms with Gasteiger partial charge in [-0.2, -0.15) is 0 Å². The Bertz CT molecular complexity index is 1040. The molecule has 2 aliphatic heterocycles. The van der Waals surface area contributed by atoms with Gasteiger partial charge in [0.2, 0.25) is 12.7 Å². The van der Waals surface area contributed by atoms with Crippen LogP contribution < -0.4 is 19.7 Å². The van der Waals surface area contributed by atoms with E-state index in [0.717, 1.165) is 37.4 Å². The summed E-state index contributed by atoms with van der Waals surface area (Å²) in [4.78, 5) is 27.9. The summed E-state index contributed by atoms with van der Waals surface area (Å²) in [6.45, 7) is 6.03. The number of hydrogen-bond acceptors (Lipinski definition) is 7. The summed E-state index contributed by atoms with van der Waals surface area (Å²) in [6, 6.07) is 8.63. The summed E-state index contributed by atoms with van der Waals surface area (Å²) in [5.41, 5.74) is 3.03. The minimum absolute atomic E-state index is 0.0175. The van der Waals surface area contributed by atoms with Crippen molar-refractivity contribution in [2.24, 2.45) is 0 Å². The van der Waals surface area contributed by atoms with Crippen LogP contribution in [0.2, 0.25) is 0 Å². The molecule has 1 saturated heterocycles. The van der Waals surface area contributed by atoms with Crippen molar-refractivity contribution in [2.45, 2.75) is 6.92 Å². The highest BCUT2D eigenvalue weighted by molar-refractivity contribution is 6.02. The van der Waals surface area contributed by atoms with E-state index < -0.39 is 4.92 Å². The topological polar surface area (TPSA) is 97.2 Å². The lowest BCUT2D eigenvalue weighted by Gasteiger charge is -2.35. The third kappa shape index (κ3) is 4.61. The van der Waals surface area contributed by atoms with Gasteiger partial charge in [0.05, 0.1) is 16.6 Å². The van der Waals surface area contributed by atoms with Gasteiger partial charge in [-0.1, -0.05) is 0 Å². The Labute approximate surface area is 180 Å². The van der Waals surface area contributed by atoms with E-state index in [1.165, 1.54) is 24.3 Å². The summed E-state index contributed by atoms with van der Waals surface area (Å²) < 4.78 is 10.5. The molecule has 0 radical (unpaired) electrons. The van der Waals surface area contributed by atoms with Gasteiger partial charge in [0, 0.05) is 43.6 Å². The fourth-order valence-corrected chi connectivity index (χ4v) is 3.72. The van der Waals surface area contributed by atoms with Crippen LogP contribution in [0.3, 0.4) is 0 Å². The molecule has 0 spiro atoms. The van der Waals surface area contributed by atoms with Crippen molar-refractivity contribution in [3.63, 3.8) is 0 Å². The second-order valence-corrected chi connectivity index (χ2v) is 7.64. The van der Waals surface area contributed by atoms with Crippen molar-refractivity contribution >= 4 is 29.0 Å². The maximum atomic E-state index is 12.4. The van der Waals surface area contributed by atoms with Gasteiger partial charge in [-0.3, -0.25) is 14.9 Å². The molecule has 1 fully saturated rings. The minimum Gasteiger partial charge on any atom is -0.454 e. The second-order valence-electron chi connectivity index (χ2n) is 7.64. The molecular weight excluding hydrogens is 400 g/mol. The molecule has 0 atom stereocenters. The van der Waals surface area contributed by atoms with Crippen LogP contribution in [0.1, 0.15) is 11.1 Å². The van der Waals surface area contributed by atoms with Gasteiger partial charge in [-0.05, 0) is 49.9 Å². The van der Waals surface area contributed by atoms with Gasteiger partial charge in [0.1, 0.15) is 0 Å². The van der Waals surface area contributed by atoms with Gasteiger partial charge in [-0.25, -0.2) is 0 Å². The quantitative estimate of drug-likeness (QED) is 0.448. The normalized spacial score (nSPS) is 16.0. The first-order valence-corrected chi connectivity index (χ1v) is 10.0. The Morgan fingerprint density at radius 2 is 1.84 bits per heavy atom. The molecule has 9 nitrogen and oxygen atoms in total. The Morgan fingerprint density at radius 3 is 2.52 bits per heavy atom. The van der Waals surface area contributed by atoms with Gasteiger partial charge in [0.15, 0.2) is 11.5 Å². The molecule has 0 aromatic heterocycles. The van der Waals surface area contributed by atoms with Crippen molar-refractivity contribution in [2.75, 3.05) is 50.2 Å². The maximum absolute atomic E-state index is 12.4. The number of amides is 1. The van der Waals surface area contributed by atoms with E-state index in [1.807, 2.05) is 25.1 Å². The van der Waals surface area contributed by atoms with Crippen molar-refractivity contribution in [3.05, 3.63) is 57.6 Å². The molecule has 1 amide bonds. The van der Waals surface area contributed by atoms with E-state index in [2.05, 4.69) is 22.2 Å². The van der Waals surface area contributed by atoms with Crippen molar-refractivity contribution in [1.82, 2.24) is 4.90 Å². The van der Waals surface area contributed by atoms with Gasteiger partial charge in [-0.15, -0.1) is 0 Å². The van der Waals surface area contributed by atoms with Crippen LogP contribution in [0, 0.1) is 17.0 Å². The molecule has 4 rings (SSSR count). The van der Waals surface area contributed by atoms with Gasteiger partial charge in [0.25, 0.3) is 5.69 Å². The number of fused-ring (bicyclic) bond motifs is 1. The Kier molecular flexibility index (Phi) is 5.77. The Hall–Kier alpha value is -3.59. The van der Waals surface area contributed by atoms with E-state index in [1.54, 1.807) is 0 Å². The molecule has 0 saturated carbocycles. The van der Waals surface area contributed by atoms with Crippen molar-refractivity contribution in [3.8, 4) is 11.5 Å². The average molecular weight is 424 g/mol. The van der Waals surface area contributed by atoms with Crippen LogP contribution in [-0.2, 0) is 4.79 Å². The number of benzene rings is 2. The highest BCUT2D eigenvalue weighted by Gasteiger charge is 2.22. The van der Waals surface area contributed by atoms with Crippen LogP contribution >= 0.6 is 0 Å². The number of aryl methyl sites for hydroxylation is 1. The number of likely N-dealkylation sites (N-methyl/N-ethyl adjacent to an activating group) is 1. The molecule has 9 heteroatoms. The summed E-state index contributed by atoms with van der Waals surface area (Å²) in [7, 11) is 2.12. The summed E-state index contributed by atoms with van der Waals surface area (Å²) >= 11 is 0. The third-order valence-electron chi connectivity index (χ3n) is 5.44. The molecular formula is C22H24N4O5. The number of nitro benzene ring substituents is 1. The minimum atomic E-state index is -0.514. The standard InChI is InChI=1S/C22H24N4O5/c1-15-11-17(4-5-18(15)25-9-7-24(2)8-10-25)23-22(27)6-3-16-12-20-21(31-14-30-20)13-19(16)26(28)29/h3-6,11-13H,7-10,14H2,1-2H3,(H,23,27)/b6-3+. The Balaban J connectivity index is 1.45. The molecule has 31 heavy (non-hydrogen) atoms. The van der Waals surface area contributed by atoms with Gasteiger partial charge < -0.3 is 24.6 Å². The number of ether oxygens (including phenoxy) is 2. The number of nitrogens with zero attached hydrogens (tertiary/aromatic N) is 3. The lowest BCUT2D eigenvalue weighted by Crippen LogP contribution is -2.44. The van der Waals surface area contributed by atoms with Crippen LogP contribution in [-0.4, -0.2) is 55.8 Å². The summed E-state index contributed by atoms with van der Waals surface area (Å²) in [5, 5.41) is 14.2. The molecule has 2 aromatic rings. The predicted molar refractivity (Wildman–Crippen MR) is 118 cm³/mol. The van der Waals surface area contributed by atoms with Crippen LogP contribution in [0.5, 0.6) is 11.5 Å². The highest BCUT2D eigenvalue weighted by Crippen LogP contribution is 2.38. The molecule has 0 aliphatic carbocycles. The molecule has 2 heterocycles. The van der Waals surface area contributed by atoms with Crippen LogP contribution in [0.25, 0.3) is 6.08 Å². The lowest BCUT2D eigenvalue weighted by atomic mass is 10.1. The number of nitrogens with one attached hydrogen (secondary N) is 1. The van der Waals surface area contributed by atoms with E-state index in [9.17, 15) is 14.9 Å². The zero-order valence-corrected chi connectivity index (χ0v) is 17.5. The fraction of sp³-hybridized carbons (Fsp3) is 0.318. The molecule has 2 aliphatic rings. The monoisotopic (exact) mass is 424 g/mol. The number of carbonyl (C=O) groups is 1. The Morgan fingerprint density at radius 1 is 1.13 bits per heavy atom. The first-order valence-electron chi connectivity index (χ1n) is 10.0. The molecule has 0 unspecified atom stereocenters. The van der Waals surface area contributed by atoms with E-state index in [-0.39, 0.29) is 24.0 Å². The third-order valence-corrected chi connectivity index (χ3v) is 5.44. The van der Waals surface area contributed by atoms with E-state index >= 15 is 0 Å². The lowest BCUT2D eigenvalue weighted by molar-refractivity contribution is -0.385. The summed E-state index contributed by atoms with van der Waals surface area (Å²) in [6.07, 6.45) is 2.68. The highest BCUT2D eigenvalue weighted by atomic mass is 16.7. The SMILES string of the molecule is Cc1cc(NC(=O)/C=C/c2cc3c(cc2[N+](=O)[O-])OCO3)ccc1N1CCN(C)CC1. The zero-order chi connectivity index (χ0) is 22.0. The fourth-order valence-electron chi connectivity index (χ4n) is 3.72. The molecule has 1 N–H and O–H groups in total. The zero-order valence-electron chi connectivity index (χ0n) is 17.5. The molecule has 162 valence electrons. The van der Waals surface area contributed by atoms with E-state index in [4.69, 9.17) is 9.47 Å². The number of hydrogen-bond donors (Lipinski definition) is 1. The summed E-state index contributed by atoms with van der Waals surface area (Å²) in [5.74, 6) is 0.365. The molecule has 0 bridgehead atoms. The number of carbonyl (C=O) groups excluding carboxylic acids is 1. The van der Waals surface area contributed by atoms with Crippen LogP contribution in [0.4, 0.5) is 17.1 Å². The molecule has 2 aromatic carbocycles. The average Bonchev–Trinajstić information content (AvgIpc) is 3.20. The predicted octanol–water partition coefficient (Wildman–Crippen LogP) is 3.04. The number of rotatable bonds is 5. The largest absolute Gasteiger partial charge is 0.454 e. The maximum Gasteiger partial charge on any atom is 0.280 e. The number of anilines is 2. The number of nitro groups is 1. The van der Waals surface area contributed by atoms with Crippen molar-refractivity contribution in [1.29, 1.82) is 0 Å². The first-order chi connectivity index (χ1) is 14.9. The smallest absolute Gasteiger partial charge is 0.280 e.